The van der Waals surface area contributed by atoms with Crippen LogP contribution in [0.2, 0.25) is 0 Å². The zero-order valence-electron chi connectivity index (χ0n) is 17.7. The van der Waals surface area contributed by atoms with Crippen molar-refractivity contribution in [3.63, 3.8) is 0 Å². The molecule has 4 rings (SSSR count). The zero-order valence-corrected chi connectivity index (χ0v) is 17.7. The molecule has 164 valence electrons. The summed E-state index contributed by atoms with van der Waals surface area (Å²) in [7, 11) is 1.49. The quantitative estimate of drug-likeness (QED) is 0.331. The standard InChI is InChI=1S/C24H20O8/c1-4-29-23(26)13(2)30-15-8-9-16-17(12-21(25)31-20(16)11-15)18-10-14-6-5-7-19(28-3)22(14)32-24(18)27/h5-13H,4H2,1-3H3. The van der Waals surface area contributed by atoms with Crippen LogP contribution in [0, 0.1) is 0 Å². The Morgan fingerprint density at radius 3 is 2.59 bits per heavy atom. The first-order chi connectivity index (χ1) is 15.4. The van der Waals surface area contributed by atoms with Crippen LogP contribution in [-0.4, -0.2) is 25.8 Å². The third-order valence-corrected chi connectivity index (χ3v) is 4.88. The molecule has 0 saturated heterocycles. The molecule has 0 spiro atoms. The predicted molar refractivity (Wildman–Crippen MR) is 117 cm³/mol. The van der Waals surface area contributed by atoms with Crippen LogP contribution in [0.25, 0.3) is 33.1 Å². The van der Waals surface area contributed by atoms with Crippen LogP contribution in [0.15, 0.2) is 67.0 Å². The van der Waals surface area contributed by atoms with Gasteiger partial charge in [-0.3, -0.25) is 0 Å². The van der Waals surface area contributed by atoms with Gasteiger partial charge in [0.1, 0.15) is 11.3 Å². The SMILES string of the molecule is CCOC(=O)C(C)Oc1ccc2c(-c3cc4cccc(OC)c4oc3=O)cc(=O)oc2c1. The fourth-order valence-corrected chi connectivity index (χ4v) is 3.42. The maximum absolute atomic E-state index is 12.8. The smallest absolute Gasteiger partial charge is 0.347 e. The van der Waals surface area contributed by atoms with Crippen LogP contribution >= 0.6 is 0 Å². The Kier molecular flexibility index (Phi) is 5.68. The molecule has 0 aliphatic carbocycles. The third-order valence-electron chi connectivity index (χ3n) is 4.88. The van der Waals surface area contributed by atoms with E-state index >= 15 is 0 Å². The van der Waals surface area contributed by atoms with Crippen molar-refractivity contribution in [1.29, 1.82) is 0 Å². The molecule has 2 heterocycles. The number of ether oxygens (including phenoxy) is 3. The second-order valence-electron chi connectivity index (χ2n) is 6.98. The Balaban J connectivity index is 1.82. The average Bonchev–Trinajstić information content (AvgIpc) is 2.77. The van der Waals surface area contributed by atoms with E-state index in [1.165, 1.54) is 19.2 Å². The molecule has 32 heavy (non-hydrogen) atoms. The van der Waals surface area contributed by atoms with Gasteiger partial charge in [-0.1, -0.05) is 12.1 Å². The van der Waals surface area contributed by atoms with Crippen molar-refractivity contribution >= 4 is 27.9 Å². The van der Waals surface area contributed by atoms with Gasteiger partial charge in [-0.05, 0) is 38.1 Å². The number of hydrogen-bond donors (Lipinski definition) is 0. The van der Waals surface area contributed by atoms with Gasteiger partial charge in [-0.15, -0.1) is 0 Å². The lowest BCUT2D eigenvalue weighted by molar-refractivity contribution is -0.150. The van der Waals surface area contributed by atoms with Crippen LogP contribution in [0.4, 0.5) is 0 Å². The molecule has 1 atom stereocenters. The fourth-order valence-electron chi connectivity index (χ4n) is 3.42. The number of para-hydroxylation sites is 1. The summed E-state index contributed by atoms with van der Waals surface area (Å²) in [5.74, 6) is 0.238. The molecule has 0 aliphatic rings. The van der Waals surface area contributed by atoms with Gasteiger partial charge < -0.3 is 23.0 Å². The van der Waals surface area contributed by atoms with E-state index in [-0.39, 0.29) is 17.8 Å². The lowest BCUT2D eigenvalue weighted by Gasteiger charge is -2.14. The summed E-state index contributed by atoms with van der Waals surface area (Å²) in [5.41, 5.74) is -0.179. The van der Waals surface area contributed by atoms with Crippen LogP contribution < -0.4 is 20.7 Å². The van der Waals surface area contributed by atoms with Gasteiger partial charge in [-0.2, -0.15) is 0 Å². The monoisotopic (exact) mass is 436 g/mol. The minimum Gasteiger partial charge on any atom is -0.493 e. The highest BCUT2D eigenvalue weighted by atomic mass is 16.6. The number of fused-ring (bicyclic) bond motifs is 2. The molecule has 0 radical (unpaired) electrons. The van der Waals surface area contributed by atoms with Crippen molar-refractivity contribution < 1.29 is 27.8 Å². The van der Waals surface area contributed by atoms with E-state index in [0.29, 0.717) is 33.4 Å². The van der Waals surface area contributed by atoms with Crippen LogP contribution in [-0.2, 0) is 9.53 Å². The topological polar surface area (TPSA) is 105 Å². The largest absolute Gasteiger partial charge is 0.493 e. The summed E-state index contributed by atoms with van der Waals surface area (Å²) in [4.78, 5) is 36.8. The number of carbonyl (C=O) groups is 1. The molecule has 2 aromatic carbocycles. The van der Waals surface area contributed by atoms with E-state index in [0.717, 1.165) is 0 Å². The van der Waals surface area contributed by atoms with E-state index < -0.39 is 23.3 Å². The minimum atomic E-state index is -0.843. The highest BCUT2D eigenvalue weighted by Gasteiger charge is 2.18. The summed E-state index contributed by atoms with van der Waals surface area (Å²) < 4.78 is 26.6. The number of hydrogen-bond acceptors (Lipinski definition) is 8. The Morgan fingerprint density at radius 1 is 1.03 bits per heavy atom. The Morgan fingerprint density at radius 2 is 1.84 bits per heavy atom. The summed E-state index contributed by atoms with van der Waals surface area (Å²) in [6.45, 7) is 3.50. The first kappa shape index (κ1) is 21.2. The Labute approximate surface area is 181 Å². The first-order valence-electron chi connectivity index (χ1n) is 9.93. The fraction of sp³-hybridized carbons (Fsp3) is 0.208. The lowest BCUT2D eigenvalue weighted by Crippen LogP contribution is -2.26. The molecule has 0 aliphatic heterocycles. The van der Waals surface area contributed by atoms with Gasteiger partial charge in [0.25, 0.3) is 0 Å². The van der Waals surface area contributed by atoms with Gasteiger partial charge in [-0.25, -0.2) is 14.4 Å². The van der Waals surface area contributed by atoms with Gasteiger partial charge in [0.05, 0.1) is 19.3 Å². The number of rotatable bonds is 6. The molecule has 0 saturated carbocycles. The van der Waals surface area contributed by atoms with Crippen molar-refractivity contribution in [3.8, 4) is 22.6 Å². The van der Waals surface area contributed by atoms with Crippen molar-refractivity contribution in [2.75, 3.05) is 13.7 Å². The van der Waals surface area contributed by atoms with Crippen LogP contribution in [0.5, 0.6) is 11.5 Å². The molecule has 1 unspecified atom stereocenters. The highest BCUT2D eigenvalue weighted by Crippen LogP contribution is 2.32. The summed E-state index contributed by atoms with van der Waals surface area (Å²) in [6, 6.07) is 12.9. The van der Waals surface area contributed by atoms with Gasteiger partial charge in [0.15, 0.2) is 17.4 Å². The van der Waals surface area contributed by atoms with E-state index in [1.54, 1.807) is 50.2 Å². The van der Waals surface area contributed by atoms with Gasteiger partial charge in [0.2, 0.25) is 0 Å². The lowest BCUT2D eigenvalue weighted by atomic mass is 10.0. The Hall–Kier alpha value is -4.07. The van der Waals surface area contributed by atoms with Gasteiger partial charge >= 0.3 is 17.2 Å². The molecule has 0 amide bonds. The maximum Gasteiger partial charge on any atom is 0.347 e. The molecule has 2 aromatic heterocycles. The van der Waals surface area contributed by atoms with Crippen molar-refractivity contribution in [1.82, 2.24) is 0 Å². The normalized spacial score (nSPS) is 12.0. The molecule has 0 fully saturated rings. The summed E-state index contributed by atoms with van der Waals surface area (Å²) in [6.07, 6.45) is -0.843. The average molecular weight is 436 g/mol. The molecule has 0 bridgehead atoms. The Bertz CT molecular complexity index is 1430. The number of benzene rings is 2. The number of carbonyl (C=O) groups excluding carboxylic acids is 1. The molecular weight excluding hydrogens is 416 g/mol. The molecular formula is C24H20O8. The zero-order chi connectivity index (χ0) is 22.8. The third kappa shape index (κ3) is 3.94. The van der Waals surface area contributed by atoms with Gasteiger partial charge in [0, 0.05) is 28.5 Å². The van der Waals surface area contributed by atoms with Crippen LogP contribution in [0.3, 0.4) is 0 Å². The highest BCUT2D eigenvalue weighted by molar-refractivity contribution is 5.96. The molecule has 0 N–H and O–H groups in total. The molecule has 8 heteroatoms. The maximum atomic E-state index is 12.8. The van der Waals surface area contributed by atoms with E-state index in [1.807, 2.05) is 0 Å². The summed E-state index contributed by atoms with van der Waals surface area (Å²) in [5, 5.41) is 1.15. The van der Waals surface area contributed by atoms with Crippen molar-refractivity contribution in [2.24, 2.45) is 0 Å². The van der Waals surface area contributed by atoms with E-state index in [2.05, 4.69) is 0 Å². The minimum absolute atomic E-state index is 0.200. The van der Waals surface area contributed by atoms with Crippen LogP contribution in [0.1, 0.15) is 13.8 Å². The number of esters is 1. The first-order valence-corrected chi connectivity index (χ1v) is 9.93. The second kappa shape index (κ2) is 8.58. The molecule has 8 nitrogen and oxygen atoms in total. The number of methoxy groups -OCH3 is 1. The summed E-state index contributed by atoms with van der Waals surface area (Å²) >= 11 is 0. The predicted octanol–water partition coefficient (Wildman–Crippen LogP) is 3.91. The van der Waals surface area contributed by atoms with Crippen molar-refractivity contribution in [2.45, 2.75) is 20.0 Å². The second-order valence-corrected chi connectivity index (χ2v) is 6.98. The molecule has 4 aromatic rings. The van der Waals surface area contributed by atoms with E-state index in [4.69, 9.17) is 23.0 Å². The van der Waals surface area contributed by atoms with Crippen molar-refractivity contribution in [3.05, 3.63) is 69.4 Å². The van der Waals surface area contributed by atoms with E-state index in [9.17, 15) is 14.4 Å².